The highest BCUT2D eigenvalue weighted by Gasteiger charge is 2.25. The smallest absolute Gasteiger partial charge is 0.135 e. The van der Waals surface area contributed by atoms with Gasteiger partial charge in [-0.3, -0.25) is 0 Å². The lowest BCUT2D eigenvalue weighted by molar-refractivity contribution is 0.474. The SMILES string of the molecule is CCCc1nc(NC)c(C)c(NC2CCCCC2SC)n1. The van der Waals surface area contributed by atoms with Crippen LogP contribution in [0.25, 0.3) is 0 Å². The van der Waals surface area contributed by atoms with Gasteiger partial charge in [0.2, 0.25) is 0 Å². The maximum Gasteiger partial charge on any atom is 0.135 e. The van der Waals surface area contributed by atoms with Gasteiger partial charge >= 0.3 is 0 Å². The first-order valence-corrected chi connectivity index (χ1v) is 9.33. The highest BCUT2D eigenvalue weighted by molar-refractivity contribution is 7.99. The van der Waals surface area contributed by atoms with Crippen LogP contribution in [0.2, 0.25) is 0 Å². The van der Waals surface area contributed by atoms with Crippen molar-refractivity contribution in [1.82, 2.24) is 9.97 Å². The van der Waals surface area contributed by atoms with E-state index in [2.05, 4.69) is 35.7 Å². The molecule has 0 aliphatic heterocycles. The molecule has 118 valence electrons. The molecule has 4 nitrogen and oxygen atoms in total. The van der Waals surface area contributed by atoms with Crippen LogP contribution in [0.15, 0.2) is 0 Å². The summed E-state index contributed by atoms with van der Waals surface area (Å²) in [6, 6.07) is 0.529. The summed E-state index contributed by atoms with van der Waals surface area (Å²) < 4.78 is 0. The molecule has 0 spiro atoms. The van der Waals surface area contributed by atoms with E-state index in [-0.39, 0.29) is 0 Å². The molecule has 1 aromatic rings. The van der Waals surface area contributed by atoms with Crippen molar-refractivity contribution in [2.24, 2.45) is 0 Å². The molecule has 5 heteroatoms. The van der Waals surface area contributed by atoms with Crippen molar-refractivity contribution in [3.8, 4) is 0 Å². The van der Waals surface area contributed by atoms with Crippen LogP contribution in [0.5, 0.6) is 0 Å². The van der Waals surface area contributed by atoms with Crippen molar-refractivity contribution in [2.45, 2.75) is 63.7 Å². The Morgan fingerprint density at radius 1 is 1.19 bits per heavy atom. The largest absolute Gasteiger partial charge is 0.373 e. The molecule has 0 amide bonds. The summed E-state index contributed by atoms with van der Waals surface area (Å²) in [5.41, 5.74) is 1.13. The standard InChI is InChI=1S/C16H28N4S/c1-5-8-14-19-15(17-3)11(2)16(20-14)18-12-9-6-7-10-13(12)21-4/h12-13H,5-10H2,1-4H3,(H2,17,18,19,20). The molecular weight excluding hydrogens is 280 g/mol. The molecule has 1 aliphatic carbocycles. The molecule has 1 heterocycles. The second-order valence-electron chi connectivity index (χ2n) is 5.77. The van der Waals surface area contributed by atoms with Gasteiger partial charge in [0.1, 0.15) is 17.5 Å². The van der Waals surface area contributed by atoms with E-state index in [9.17, 15) is 0 Å². The van der Waals surface area contributed by atoms with Crippen LogP contribution in [0.3, 0.4) is 0 Å². The van der Waals surface area contributed by atoms with Gasteiger partial charge in [0.15, 0.2) is 0 Å². The molecule has 2 rings (SSSR count). The zero-order chi connectivity index (χ0) is 15.2. The second-order valence-corrected chi connectivity index (χ2v) is 6.85. The second kappa shape index (κ2) is 7.87. The van der Waals surface area contributed by atoms with E-state index in [1.807, 2.05) is 18.8 Å². The molecule has 1 fully saturated rings. The molecule has 2 N–H and O–H groups in total. The molecule has 0 radical (unpaired) electrons. The summed E-state index contributed by atoms with van der Waals surface area (Å²) in [5.74, 6) is 2.91. The highest BCUT2D eigenvalue weighted by Crippen LogP contribution is 2.30. The minimum atomic E-state index is 0.529. The Labute approximate surface area is 132 Å². The zero-order valence-electron chi connectivity index (χ0n) is 13.7. The third kappa shape index (κ3) is 4.02. The molecule has 1 aromatic heterocycles. The number of nitrogens with zero attached hydrogens (tertiary/aromatic N) is 2. The number of anilines is 2. The van der Waals surface area contributed by atoms with Gasteiger partial charge < -0.3 is 10.6 Å². The molecular formula is C16H28N4S. The van der Waals surface area contributed by atoms with E-state index >= 15 is 0 Å². The molecule has 2 atom stereocenters. The lowest BCUT2D eigenvalue weighted by Crippen LogP contribution is -2.35. The van der Waals surface area contributed by atoms with Crippen molar-refractivity contribution >= 4 is 23.4 Å². The Morgan fingerprint density at radius 3 is 2.57 bits per heavy atom. The van der Waals surface area contributed by atoms with Crippen molar-refractivity contribution in [1.29, 1.82) is 0 Å². The summed E-state index contributed by atoms with van der Waals surface area (Å²) in [4.78, 5) is 9.37. The first-order valence-electron chi connectivity index (χ1n) is 8.04. The fourth-order valence-corrected chi connectivity index (χ4v) is 3.94. The number of aryl methyl sites for hydroxylation is 1. The van der Waals surface area contributed by atoms with Gasteiger partial charge in [0, 0.05) is 30.3 Å². The average molecular weight is 308 g/mol. The van der Waals surface area contributed by atoms with E-state index in [4.69, 9.17) is 4.98 Å². The number of hydrogen-bond acceptors (Lipinski definition) is 5. The van der Waals surface area contributed by atoms with E-state index in [1.54, 1.807) is 0 Å². The van der Waals surface area contributed by atoms with Crippen LogP contribution in [0.1, 0.15) is 50.4 Å². The van der Waals surface area contributed by atoms with E-state index < -0.39 is 0 Å². The van der Waals surface area contributed by atoms with Gasteiger partial charge in [-0.15, -0.1) is 0 Å². The Kier molecular flexibility index (Phi) is 6.15. The lowest BCUT2D eigenvalue weighted by Gasteiger charge is -2.32. The number of aromatic nitrogens is 2. The maximum atomic E-state index is 4.76. The van der Waals surface area contributed by atoms with E-state index in [1.165, 1.54) is 25.7 Å². The third-order valence-corrected chi connectivity index (χ3v) is 5.40. The van der Waals surface area contributed by atoms with Crippen molar-refractivity contribution in [3.63, 3.8) is 0 Å². The molecule has 0 saturated heterocycles. The summed E-state index contributed by atoms with van der Waals surface area (Å²) in [5, 5.41) is 7.61. The van der Waals surface area contributed by atoms with Gasteiger partial charge in [-0.1, -0.05) is 19.8 Å². The van der Waals surface area contributed by atoms with Crippen LogP contribution >= 0.6 is 11.8 Å². The predicted molar refractivity (Wildman–Crippen MR) is 93.5 cm³/mol. The van der Waals surface area contributed by atoms with Gasteiger partial charge in [-0.05, 0) is 32.4 Å². The quantitative estimate of drug-likeness (QED) is 0.835. The van der Waals surface area contributed by atoms with Gasteiger partial charge in [-0.25, -0.2) is 9.97 Å². The number of thioether (sulfide) groups is 1. The third-order valence-electron chi connectivity index (χ3n) is 4.23. The average Bonchev–Trinajstić information content (AvgIpc) is 2.51. The van der Waals surface area contributed by atoms with Gasteiger partial charge in [0.25, 0.3) is 0 Å². The van der Waals surface area contributed by atoms with Gasteiger partial charge in [0.05, 0.1) is 0 Å². The molecule has 21 heavy (non-hydrogen) atoms. The Balaban J connectivity index is 2.22. The number of nitrogens with one attached hydrogen (secondary N) is 2. The summed E-state index contributed by atoms with van der Waals surface area (Å²) in [6.07, 6.45) is 9.45. The minimum absolute atomic E-state index is 0.529. The van der Waals surface area contributed by atoms with E-state index in [0.29, 0.717) is 11.3 Å². The van der Waals surface area contributed by atoms with Crippen LogP contribution in [0.4, 0.5) is 11.6 Å². The highest BCUT2D eigenvalue weighted by atomic mass is 32.2. The Hall–Kier alpha value is -0.970. The predicted octanol–water partition coefficient (Wildman–Crippen LogP) is 3.87. The normalized spacial score (nSPS) is 22.1. The summed E-state index contributed by atoms with van der Waals surface area (Å²) >= 11 is 1.98. The molecule has 0 bridgehead atoms. The number of rotatable bonds is 6. The van der Waals surface area contributed by atoms with Crippen molar-refractivity contribution in [2.75, 3.05) is 23.9 Å². The Bertz CT molecular complexity index is 464. The fraction of sp³-hybridized carbons (Fsp3) is 0.750. The zero-order valence-corrected chi connectivity index (χ0v) is 14.5. The minimum Gasteiger partial charge on any atom is -0.373 e. The van der Waals surface area contributed by atoms with Gasteiger partial charge in [-0.2, -0.15) is 11.8 Å². The topological polar surface area (TPSA) is 49.8 Å². The lowest BCUT2D eigenvalue weighted by atomic mass is 9.94. The summed E-state index contributed by atoms with van der Waals surface area (Å²) in [7, 11) is 1.93. The fourth-order valence-electron chi connectivity index (χ4n) is 3.00. The number of hydrogen-bond donors (Lipinski definition) is 2. The first-order chi connectivity index (χ1) is 10.2. The molecule has 2 unspecified atom stereocenters. The van der Waals surface area contributed by atoms with Crippen LogP contribution in [-0.2, 0) is 6.42 Å². The first kappa shape index (κ1) is 16.4. The summed E-state index contributed by atoms with van der Waals surface area (Å²) in [6.45, 7) is 4.26. The van der Waals surface area contributed by atoms with Crippen molar-refractivity contribution < 1.29 is 0 Å². The Morgan fingerprint density at radius 2 is 1.90 bits per heavy atom. The van der Waals surface area contributed by atoms with E-state index in [0.717, 1.165) is 35.9 Å². The maximum absolute atomic E-state index is 4.76. The molecule has 1 aliphatic rings. The van der Waals surface area contributed by atoms with Crippen LogP contribution in [0, 0.1) is 6.92 Å². The van der Waals surface area contributed by atoms with Crippen LogP contribution in [-0.4, -0.2) is 34.6 Å². The molecule has 1 saturated carbocycles. The van der Waals surface area contributed by atoms with Crippen molar-refractivity contribution in [3.05, 3.63) is 11.4 Å². The van der Waals surface area contributed by atoms with Crippen LogP contribution < -0.4 is 10.6 Å². The monoisotopic (exact) mass is 308 g/mol. The molecule has 0 aromatic carbocycles.